The molecule has 0 aliphatic heterocycles. The molecule has 0 amide bonds. The van der Waals surface area contributed by atoms with Crippen LogP contribution in [0.3, 0.4) is 0 Å². The van der Waals surface area contributed by atoms with E-state index in [1.807, 2.05) is 67.7 Å². The Hall–Kier alpha value is -2.14. The lowest BCUT2D eigenvalue weighted by Gasteiger charge is -2.17. The van der Waals surface area contributed by atoms with Crippen LogP contribution in [-0.2, 0) is 16.1 Å². The number of hydrogen-bond donors (Lipinski definition) is 0. The van der Waals surface area contributed by atoms with Crippen LogP contribution in [0.5, 0.6) is 0 Å². The molecule has 5 heteroatoms. The lowest BCUT2D eigenvalue weighted by molar-refractivity contribution is -0.148. The van der Waals surface area contributed by atoms with Crippen molar-refractivity contribution in [2.75, 3.05) is 13.6 Å². The fourth-order valence-electron chi connectivity index (χ4n) is 2.57. The number of hydrogen-bond acceptors (Lipinski definition) is 4. The number of esters is 1. The van der Waals surface area contributed by atoms with Crippen LogP contribution in [0.25, 0.3) is 5.69 Å². The lowest BCUT2D eigenvalue weighted by atomic mass is 10.2. The van der Waals surface area contributed by atoms with Crippen molar-refractivity contribution in [1.82, 2.24) is 14.7 Å². The van der Waals surface area contributed by atoms with E-state index in [9.17, 15) is 4.79 Å². The molecule has 124 valence electrons. The second kappa shape index (κ2) is 7.42. The number of carbonyl (C=O) groups excluding carboxylic acids is 1. The van der Waals surface area contributed by atoms with Gasteiger partial charge in [-0.25, -0.2) is 4.68 Å². The van der Waals surface area contributed by atoms with Gasteiger partial charge in [0.25, 0.3) is 0 Å². The molecule has 0 saturated heterocycles. The van der Waals surface area contributed by atoms with Gasteiger partial charge in [-0.15, -0.1) is 0 Å². The Kier molecular flexibility index (Phi) is 5.55. The number of likely N-dealkylation sites (N-methyl/N-ethyl adjacent to an activating group) is 1. The number of ether oxygens (including phenoxy) is 1. The molecule has 0 aliphatic carbocycles. The van der Waals surface area contributed by atoms with Gasteiger partial charge in [0.05, 0.1) is 24.0 Å². The highest BCUT2D eigenvalue weighted by Crippen LogP contribution is 2.19. The van der Waals surface area contributed by atoms with Crippen molar-refractivity contribution in [3.05, 3.63) is 47.3 Å². The quantitative estimate of drug-likeness (QED) is 0.769. The molecule has 1 heterocycles. The topological polar surface area (TPSA) is 47.4 Å². The first-order chi connectivity index (χ1) is 10.9. The third-order valence-corrected chi connectivity index (χ3v) is 3.64. The number of nitrogens with zero attached hydrogens (tertiary/aromatic N) is 3. The van der Waals surface area contributed by atoms with Crippen LogP contribution in [0.4, 0.5) is 0 Å². The first-order valence-electron chi connectivity index (χ1n) is 7.87. The summed E-state index contributed by atoms with van der Waals surface area (Å²) >= 11 is 0. The van der Waals surface area contributed by atoms with Gasteiger partial charge < -0.3 is 4.74 Å². The Balaban J connectivity index is 2.12. The number of para-hydroxylation sites is 1. The minimum Gasteiger partial charge on any atom is -0.462 e. The van der Waals surface area contributed by atoms with E-state index in [0.717, 1.165) is 22.6 Å². The molecule has 0 saturated carbocycles. The summed E-state index contributed by atoms with van der Waals surface area (Å²) in [7, 11) is 1.92. The lowest BCUT2D eigenvalue weighted by Crippen LogP contribution is -2.28. The Morgan fingerprint density at radius 1 is 1.26 bits per heavy atom. The van der Waals surface area contributed by atoms with E-state index in [1.54, 1.807) is 0 Å². The molecule has 0 aliphatic rings. The molecule has 2 aromatic rings. The second-order valence-corrected chi connectivity index (χ2v) is 6.11. The predicted octanol–water partition coefficient (Wildman–Crippen LogP) is 2.87. The highest BCUT2D eigenvalue weighted by Gasteiger charge is 2.16. The molecule has 1 aromatic heterocycles. The van der Waals surface area contributed by atoms with Gasteiger partial charge in [0.15, 0.2) is 0 Å². The SMILES string of the molecule is Cc1nn(-c2ccccc2)c(C)c1CN(C)CC(=O)OC(C)C. The summed E-state index contributed by atoms with van der Waals surface area (Å²) in [5, 5.41) is 4.63. The molecule has 0 atom stereocenters. The van der Waals surface area contributed by atoms with Gasteiger partial charge in [-0.2, -0.15) is 5.10 Å². The predicted molar refractivity (Wildman–Crippen MR) is 90.6 cm³/mol. The van der Waals surface area contributed by atoms with Crippen LogP contribution in [0.2, 0.25) is 0 Å². The Bertz CT molecular complexity index is 662. The van der Waals surface area contributed by atoms with Gasteiger partial charge in [0.1, 0.15) is 0 Å². The van der Waals surface area contributed by atoms with E-state index < -0.39 is 0 Å². The second-order valence-electron chi connectivity index (χ2n) is 6.11. The van der Waals surface area contributed by atoms with Crippen molar-refractivity contribution in [3.63, 3.8) is 0 Å². The maximum atomic E-state index is 11.8. The minimum absolute atomic E-state index is 0.0831. The molecule has 5 nitrogen and oxygen atoms in total. The smallest absolute Gasteiger partial charge is 0.320 e. The summed E-state index contributed by atoms with van der Waals surface area (Å²) in [5.41, 5.74) is 4.27. The third kappa shape index (κ3) is 4.42. The van der Waals surface area contributed by atoms with Gasteiger partial charge in [-0.05, 0) is 46.9 Å². The zero-order valence-electron chi connectivity index (χ0n) is 14.5. The molecular weight excluding hydrogens is 290 g/mol. The van der Waals surface area contributed by atoms with E-state index in [0.29, 0.717) is 6.54 Å². The summed E-state index contributed by atoms with van der Waals surface area (Å²) in [6.07, 6.45) is -0.0831. The highest BCUT2D eigenvalue weighted by atomic mass is 16.5. The number of aromatic nitrogens is 2. The molecule has 0 fully saturated rings. The standard InChI is InChI=1S/C18H25N3O2/c1-13(2)23-18(22)12-20(5)11-17-14(3)19-21(15(17)4)16-9-7-6-8-10-16/h6-10,13H,11-12H2,1-5H3. The summed E-state index contributed by atoms with van der Waals surface area (Å²) in [6, 6.07) is 10.1. The summed E-state index contributed by atoms with van der Waals surface area (Å²) in [4.78, 5) is 13.7. The molecule has 0 bridgehead atoms. The average molecular weight is 315 g/mol. The monoisotopic (exact) mass is 315 g/mol. The summed E-state index contributed by atoms with van der Waals surface area (Å²) in [6.45, 7) is 8.71. The van der Waals surface area contributed by atoms with Gasteiger partial charge in [-0.1, -0.05) is 18.2 Å². The summed E-state index contributed by atoms with van der Waals surface area (Å²) < 4.78 is 7.14. The van der Waals surface area contributed by atoms with Gasteiger partial charge in [0.2, 0.25) is 0 Å². The van der Waals surface area contributed by atoms with E-state index in [1.165, 1.54) is 0 Å². The molecule has 0 spiro atoms. The van der Waals surface area contributed by atoms with Gasteiger partial charge in [-0.3, -0.25) is 9.69 Å². The maximum absolute atomic E-state index is 11.8. The molecule has 23 heavy (non-hydrogen) atoms. The number of benzene rings is 1. The average Bonchev–Trinajstić information content (AvgIpc) is 2.75. The first kappa shape index (κ1) is 17.2. The number of rotatable bonds is 6. The third-order valence-electron chi connectivity index (χ3n) is 3.64. The Morgan fingerprint density at radius 3 is 2.52 bits per heavy atom. The van der Waals surface area contributed by atoms with Crippen molar-refractivity contribution in [3.8, 4) is 5.69 Å². The minimum atomic E-state index is -0.201. The number of carbonyl (C=O) groups is 1. The molecule has 0 N–H and O–H groups in total. The largest absolute Gasteiger partial charge is 0.462 e. The van der Waals surface area contributed by atoms with Crippen LogP contribution >= 0.6 is 0 Å². The van der Waals surface area contributed by atoms with E-state index in [-0.39, 0.29) is 18.6 Å². The molecule has 2 rings (SSSR count). The van der Waals surface area contributed by atoms with Crippen LogP contribution < -0.4 is 0 Å². The van der Waals surface area contributed by atoms with E-state index >= 15 is 0 Å². The van der Waals surface area contributed by atoms with Crippen LogP contribution in [0.1, 0.15) is 30.8 Å². The van der Waals surface area contributed by atoms with E-state index in [2.05, 4.69) is 12.0 Å². The van der Waals surface area contributed by atoms with Crippen LogP contribution in [-0.4, -0.2) is 40.3 Å². The van der Waals surface area contributed by atoms with Crippen LogP contribution in [0.15, 0.2) is 30.3 Å². The fourth-order valence-corrected chi connectivity index (χ4v) is 2.57. The van der Waals surface area contributed by atoms with Crippen molar-refractivity contribution in [1.29, 1.82) is 0 Å². The first-order valence-corrected chi connectivity index (χ1v) is 7.87. The number of aryl methyl sites for hydroxylation is 1. The van der Waals surface area contributed by atoms with Gasteiger partial charge >= 0.3 is 5.97 Å². The fraction of sp³-hybridized carbons (Fsp3) is 0.444. The maximum Gasteiger partial charge on any atom is 0.320 e. The Labute approximate surface area is 137 Å². The summed E-state index contributed by atoms with van der Waals surface area (Å²) in [5.74, 6) is -0.201. The van der Waals surface area contributed by atoms with Gasteiger partial charge in [0, 0.05) is 17.8 Å². The highest BCUT2D eigenvalue weighted by molar-refractivity contribution is 5.71. The van der Waals surface area contributed by atoms with Crippen molar-refractivity contribution in [2.45, 2.75) is 40.3 Å². The molecule has 0 radical (unpaired) electrons. The molecular formula is C18H25N3O2. The van der Waals surface area contributed by atoms with E-state index in [4.69, 9.17) is 4.74 Å². The zero-order chi connectivity index (χ0) is 17.0. The van der Waals surface area contributed by atoms with Crippen molar-refractivity contribution in [2.24, 2.45) is 0 Å². The van der Waals surface area contributed by atoms with Crippen LogP contribution in [0, 0.1) is 13.8 Å². The van der Waals surface area contributed by atoms with Crippen molar-refractivity contribution >= 4 is 5.97 Å². The molecule has 0 unspecified atom stereocenters. The zero-order valence-corrected chi connectivity index (χ0v) is 14.5. The normalized spacial score (nSPS) is 11.3. The molecule has 1 aromatic carbocycles. The Morgan fingerprint density at radius 2 is 1.91 bits per heavy atom. The van der Waals surface area contributed by atoms with Crippen molar-refractivity contribution < 1.29 is 9.53 Å².